The van der Waals surface area contributed by atoms with Crippen LogP contribution in [-0.2, 0) is 4.79 Å². The number of para-hydroxylation sites is 2. The van der Waals surface area contributed by atoms with Gasteiger partial charge in [-0.2, -0.15) is 0 Å². The fourth-order valence-electron chi connectivity index (χ4n) is 2.40. The highest BCUT2D eigenvalue weighted by Gasteiger charge is 2.11. The summed E-state index contributed by atoms with van der Waals surface area (Å²) < 4.78 is 16.5. The molecular formula is C20H24ClNO4. The Hall–Kier alpha value is -2.40. The van der Waals surface area contributed by atoms with Crippen LogP contribution in [0.15, 0.2) is 36.4 Å². The summed E-state index contributed by atoms with van der Waals surface area (Å²) in [4.78, 5) is 12.2. The van der Waals surface area contributed by atoms with Crippen LogP contribution in [0.1, 0.15) is 25.3 Å². The molecule has 5 nitrogen and oxygen atoms in total. The van der Waals surface area contributed by atoms with Crippen LogP contribution >= 0.6 is 11.6 Å². The summed E-state index contributed by atoms with van der Waals surface area (Å²) >= 11 is 6.08. The molecule has 0 spiro atoms. The smallest absolute Gasteiger partial charge is 0.224 e. The molecule has 0 saturated heterocycles. The maximum absolute atomic E-state index is 12.2. The van der Waals surface area contributed by atoms with E-state index in [9.17, 15) is 4.79 Å². The minimum atomic E-state index is -0.105. The van der Waals surface area contributed by atoms with E-state index in [0.717, 1.165) is 5.56 Å². The average Bonchev–Trinajstić information content (AvgIpc) is 2.63. The molecule has 0 aliphatic heterocycles. The predicted molar refractivity (Wildman–Crippen MR) is 104 cm³/mol. The lowest BCUT2D eigenvalue weighted by Crippen LogP contribution is -2.13. The van der Waals surface area contributed by atoms with Crippen molar-refractivity contribution in [2.24, 2.45) is 0 Å². The van der Waals surface area contributed by atoms with E-state index in [0.29, 0.717) is 54.0 Å². The number of nitrogens with one attached hydrogen (secondary N) is 1. The van der Waals surface area contributed by atoms with Gasteiger partial charge in [0.15, 0.2) is 11.5 Å². The number of anilines is 1. The van der Waals surface area contributed by atoms with Crippen LogP contribution in [0.5, 0.6) is 17.2 Å². The molecule has 0 aromatic heterocycles. The number of hydrogen-bond donors (Lipinski definition) is 1. The Balaban J connectivity index is 1.84. The molecule has 140 valence electrons. The zero-order chi connectivity index (χ0) is 18.9. The Kier molecular flexibility index (Phi) is 7.60. The van der Waals surface area contributed by atoms with Gasteiger partial charge in [0.25, 0.3) is 0 Å². The second kappa shape index (κ2) is 9.92. The lowest BCUT2D eigenvalue weighted by atomic mass is 10.2. The average molecular weight is 378 g/mol. The molecule has 26 heavy (non-hydrogen) atoms. The summed E-state index contributed by atoms with van der Waals surface area (Å²) in [7, 11) is 1.54. The third-order valence-electron chi connectivity index (χ3n) is 3.71. The molecule has 0 aliphatic carbocycles. The summed E-state index contributed by atoms with van der Waals surface area (Å²) in [5.41, 5.74) is 1.49. The number of aryl methyl sites for hydroxylation is 1. The molecule has 0 saturated carbocycles. The first-order chi connectivity index (χ1) is 12.5. The maximum Gasteiger partial charge on any atom is 0.224 e. The molecule has 0 heterocycles. The van der Waals surface area contributed by atoms with Gasteiger partial charge in [0.2, 0.25) is 5.91 Å². The van der Waals surface area contributed by atoms with Crippen molar-refractivity contribution in [3.63, 3.8) is 0 Å². The molecule has 2 aromatic carbocycles. The summed E-state index contributed by atoms with van der Waals surface area (Å²) in [6.07, 6.45) is 0.919. The van der Waals surface area contributed by atoms with Gasteiger partial charge in [-0.05, 0) is 44.0 Å². The van der Waals surface area contributed by atoms with Gasteiger partial charge in [0, 0.05) is 17.5 Å². The number of rotatable bonds is 9. The van der Waals surface area contributed by atoms with Gasteiger partial charge in [-0.15, -0.1) is 0 Å². The molecule has 1 amide bonds. The van der Waals surface area contributed by atoms with Crippen LogP contribution in [0, 0.1) is 6.92 Å². The highest BCUT2D eigenvalue weighted by molar-refractivity contribution is 6.31. The number of methoxy groups -OCH3 is 1. The van der Waals surface area contributed by atoms with E-state index in [1.807, 2.05) is 38.1 Å². The minimum Gasteiger partial charge on any atom is -0.495 e. The van der Waals surface area contributed by atoms with Crippen molar-refractivity contribution in [3.05, 3.63) is 47.0 Å². The third-order valence-corrected chi connectivity index (χ3v) is 4.12. The van der Waals surface area contributed by atoms with Crippen LogP contribution in [0.4, 0.5) is 5.69 Å². The number of halogens is 1. The quantitative estimate of drug-likeness (QED) is 0.634. The van der Waals surface area contributed by atoms with Crippen molar-refractivity contribution in [1.29, 1.82) is 0 Å². The highest BCUT2D eigenvalue weighted by atomic mass is 35.5. The van der Waals surface area contributed by atoms with E-state index < -0.39 is 0 Å². The van der Waals surface area contributed by atoms with Gasteiger partial charge < -0.3 is 19.5 Å². The fourth-order valence-corrected chi connectivity index (χ4v) is 2.56. The molecule has 2 aromatic rings. The van der Waals surface area contributed by atoms with Crippen molar-refractivity contribution in [1.82, 2.24) is 0 Å². The molecule has 0 radical (unpaired) electrons. The van der Waals surface area contributed by atoms with Crippen molar-refractivity contribution in [3.8, 4) is 17.2 Å². The van der Waals surface area contributed by atoms with Gasteiger partial charge in [-0.3, -0.25) is 4.79 Å². The topological polar surface area (TPSA) is 56.8 Å². The SMILES string of the molecule is CCOc1ccccc1OCCCC(=O)Nc1cc(C)c(Cl)cc1OC. The van der Waals surface area contributed by atoms with E-state index in [2.05, 4.69) is 5.32 Å². The lowest BCUT2D eigenvalue weighted by Gasteiger charge is -2.13. The Bertz CT molecular complexity index is 749. The molecule has 0 unspecified atom stereocenters. The second-order valence-electron chi connectivity index (χ2n) is 5.68. The van der Waals surface area contributed by atoms with Crippen molar-refractivity contribution < 1.29 is 19.0 Å². The Morgan fingerprint density at radius 2 is 1.81 bits per heavy atom. The van der Waals surface area contributed by atoms with E-state index in [1.165, 1.54) is 0 Å². The zero-order valence-electron chi connectivity index (χ0n) is 15.3. The zero-order valence-corrected chi connectivity index (χ0v) is 16.1. The maximum atomic E-state index is 12.2. The molecule has 1 N–H and O–H groups in total. The molecule has 0 atom stereocenters. The Morgan fingerprint density at radius 3 is 2.46 bits per heavy atom. The summed E-state index contributed by atoms with van der Waals surface area (Å²) in [5, 5.41) is 3.46. The number of carbonyl (C=O) groups is 1. The number of hydrogen-bond acceptors (Lipinski definition) is 4. The summed E-state index contributed by atoms with van der Waals surface area (Å²) in [5.74, 6) is 1.83. The first-order valence-electron chi connectivity index (χ1n) is 8.53. The van der Waals surface area contributed by atoms with Gasteiger partial charge >= 0.3 is 0 Å². The summed E-state index contributed by atoms with van der Waals surface area (Å²) in [6.45, 7) is 4.80. The molecular weight excluding hydrogens is 354 g/mol. The van der Waals surface area contributed by atoms with Gasteiger partial charge in [-0.25, -0.2) is 0 Å². The largest absolute Gasteiger partial charge is 0.495 e. The van der Waals surface area contributed by atoms with Crippen LogP contribution in [0.2, 0.25) is 5.02 Å². The number of carbonyl (C=O) groups excluding carboxylic acids is 1. The first kappa shape index (κ1) is 19.9. The van der Waals surface area contributed by atoms with E-state index in [-0.39, 0.29) is 5.91 Å². The van der Waals surface area contributed by atoms with Gasteiger partial charge in [-0.1, -0.05) is 23.7 Å². The first-order valence-corrected chi connectivity index (χ1v) is 8.91. The lowest BCUT2D eigenvalue weighted by molar-refractivity contribution is -0.116. The number of ether oxygens (including phenoxy) is 3. The molecule has 0 bridgehead atoms. The second-order valence-corrected chi connectivity index (χ2v) is 6.09. The number of amides is 1. The van der Waals surface area contributed by atoms with Crippen LogP contribution < -0.4 is 19.5 Å². The van der Waals surface area contributed by atoms with E-state index in [4.69, 9.17) is 25.8 Å². The molecule has 6 heteroatoms. The molecule has 0 fully saturated rings. The normalized spacial score (nSPS) is 10.3. The predicted octanol–water partition coefficient (Wildman–Crippen LogP) is 4.85. The van der Waals surface area contributed by atoms with E-state index >= 15 is 0 Å². The molecule has 0 aliphatic rings. The Labute approximate surface area is 159 Å². The van der Waals surface area contributed by atoms with Crippen molar-refractivity contribution in [2.45, 2.75) is 26.7 Å². The van der Waals surface area contributed by atoms with Crippen LogP contribution in [0.3, 0.4) is 0 Å². The van der Waals surface area contributed by atoms with Gasteiger partial charge in [0.05, 0.1) is 26.0 Å². The Morgan fingerprint density at radius 1 is 1.12 bits per heavy atom. The third kappa shape index (κ3) is 5.56. The van der Waals surface area contributed by atoms with Crippen LogP contribution in [0.25, 0.3) is 0 Å². The standard InChI is InChI=1S/C20H24ClNO4/c1-4-25-17-8-5-6-9-18(17)26-11-7-10-20(23)22-16-12-14(2)15(21)13-19(16)24-3/h5-6,8-9,12-13H,4,7,10-11H2,1-3H3,(H,22,23). The van der Waals surface area contributed by atoms with Crippen molar-refractivity contribution in [2.75, 3.05) is 25.6 Å². The van der Waals surface area contributed by atoms with Gasteiger partial charge in [0.1, 0.15) is 5.75 Å². The highest BCUT2D eigenvalue weighted by Crippen LogP contribution is 2.31. The fraction of sp³-hybridized carbons (Fsp3) is 0.350. The van der Waals surface area contributed by atoms with Crippen molar-refractivity contribution >= 4 is 23.2 Å². The monoisotopic (exact) mass is 377 g/mol. The molecule has 2 rings (SSSR count). The van der Waals surface area contributed by atoms with Crippen LogP contribution in [-0.4, -0.2) is 26.2 Å². The number of benzene rings is 2. The minimum absolute atomic E-state index is 0.105. The van der Waals surface area contributed by atoms with E-state index in [1.54, 1.807) is 19.2 Å². The summed E-state index contributed by atoms with van der Waals surface area (Å²) in [6, 6.07) is 11.0.